The van der Waals surface area contributed by atoms with Crippen LogP contribution in [0, 0.1) is 0 Å². The molecule has 4 rings (SSSR count). The number of para-hydroxylation sites is 1. The third kappa shape index (κ3) is 1.74. The van der Waals surface area contributed by atoms with E-state index in [0.29, 0.717) is 0 Å². The van der Waals surface area contributed by atoms with Gasteiger partial charge in [0.1, 0.15) is 5.75 Å². The summed E-state index contributed by atoms with van der Waals surface area (Å²) in [6.45, 7) is 0. The lowest BCUT2D eigenvalue weighted by atomic mass is 10.0. The van der Waals surface area contributed by atoms with Gasteiger partial charge in [0.15, 0.2) is 0 Å². The van der Waals surface area contributed by atoms with Crippen molar-refractivity contribution in [3.63, 3.8) is 0 Å². The second-order valence-corrected chi connectivity index (χ2v) is 5.71. The van der Waals surface area contributed by atoms with Crippen molar-refractivity contribution in [2.24, 2.45) is 7.05 Å². The van der Waals surface area contributed by atoms with E-state index in [1.165, 1.54) is 4.70 Å². The van der Waals surface area contributed by atoms with E-state index in [2.05, 4.69) is 22.2 Å². The van der Waals surface area contributed by atoms with E-state index in [9.17, 15) is 0 Å². The van der Waals surface area contributed by atoms with E-state index < -0.39 is 0 Å². The van der Waals surface area contributed by atoms with Gasteiger partial charge >= 0.3 is 0 Å². The maximum absolute atomic E-state index is 5.51. The van der Waals surface area contributed by atoms with Gasteiger partial charge in [0.05, 0.1) is 34.6 Å². The van der Waals surface area contributed by atoms with E-state index in [1.54, 1.807) is 18.4 Å². The SMILES string of the molecule is COc1ccccc1-c1cc2c(cnn2C)c2ncsc12. The van der Waals surface area contributed by atoms with Gasteiger partial charge in [0, 0.05) is 23.6 Å². The first-order chi connectivity index (χ1) is 10.3. The zero-order chi connectivity index (χ0) is 14.4. The first kappa shape index (κ1) is 12.3. The fourth-order valence-electron chi connectivity index (χ4n) is 2.70. The van der Waals surface area contributed by atoms with Gasteiger partial charge < -0.3 is 4.74 Å². The summed E-state index contributed by atoms with van der Waals surface area (Å²) in [4.78, 5) is 4.53. The average molecular weight is 295 g/mol. The topological polar surface area (TPSA) is 39.9 Å². The average Bonchev–Trinajstić information content (AvgIpc) is 3.13. The van der Waals surface area contributed by atoms with Crippen LogP contribution < -0.4 is 4.74 Å². The van der Waals surface area contributed by atoms with Crippen LogP contribution in [0.2, 0.25) is 0 Å². The van der Waals surface area contributed by atoms with Crippen LogP contribution in [0.1, 0.15) is 0 Å². The van der Waals surface area contributed by atoms with Crippen molar-refractivity contribution in [2.75, 3.05) is 7.11 Å². The van der Waals surface area contributed by atoms with Gasteiger partial charge in [-0.25, -0.2) is 4.98 Å². The third-order valence-electron chi connectivity index (χ3n) is 3.73. The van der Waals surface area contributed by atoms with Crippen molar-refractivity contribution in [3.05, 3.63) is 42.0 Å². The molecule has 2 heterocycles. The number of thiazole rings is 1. The van der Waals surface area contributed by atoms with Crippen molar-refractivity contribution in [1.82, 2.24) is 14.8 Å². The maximum atomic E-state index is 5.51. The number of hydrogen-bond donors (Lipinski definition) is 0. The van der Waals surface area contributed by atoms with Crippen molar-refractivity contribution in [2.45, 2.75) is 0 Å². The minimum absolute atomic E-state index is 0.869. The molecule has 0 bridgehead atoms. The van der Waals surface area contributed by atoms with Crippen LogP contribution >= 0.6 is 11.3 Å². The lowest BCUT2D eigenvalue weighted by molar-refractivity contribution is 0.416. The lowest BCUT2D eigenvalue weighted by Gasteiger charge is -2.10. The number of hydrogen-bond acceptors (Lipinski definition) is 4. The van der Waals surface area contributed by atoms with Crippen molar-refractivity contribution >= 4 is 32.5 Å². The van der Waals surface area contributed by atoms with Gasteiger partial charge in [0.25, 0.3) is 0 Å². The van der Waals surface area contributed by atoms with E-state index in [1.807, 2.05) is 41.6 Å². The quantitative estimate of drug-likeness (QED) is 0.564. The smallest absolute Gasteiger partial charge is 0.126 e. The molecule has 2 aromatic carbocycles. The molecule has 21 heavy (non-hydrogen) atoms. The Labute approximate surface area is 125 Å². The molecule has 0 aliphatic heterocycles. The molecule has 0 radical (unpaired) electrons. The number of ether oxygens (including phenoxy) is 1. The van der Waals surface area contributed by atoms with Crippen LogP contribution in [0.4, 0.5) is 0 Å². The first-order valence-corrected chi connectivity index (χ1v) is 7.49. The fourth-order valence-corrected chi connectivity index (χ4v) is 3.53. The molecule has 0 atom stereocenters. The monoisotopic (exact) mass is 295 g/mol. The number of aromatic nitrogens is 3. The molecule has 0 N–H and O–H groups in total. The Morgan fingerprint density at radius 1 is 1.19 bits per heavy atom. The number of nitrogens with zero attached hydrogens (tertiary/aromatic N) is 3. The van der Waals surface area contributed by atoms with Crippen LogP contribution in [-0.4, -0.2) is 21.9 Å². The van der Waals surface area contributed by atoms with Gasteiger partial charge in [-0.1, -0.05) is 18.2 Å². The van der Waals surface area contributed by atoms with Crippen LogP contribution in [0.25, 0.3) is 32.2 Å². The molecule has 0 fully saturated rings. The van der Waals surface area contributed by atoms with Gasteiger partial charge in [-0.15, -0.1) is 11.3 Å². The second-order valence-electron chi connectivity index (χ2n) is 4.86. The highest BCUT2D eigenvalue weighted by Gasteiger charge is 2.15. The Morgan fingerprint density at radius 3 is 2.90 bits per heavy atom. The molecule has 4 aromatic rings. The summed E-state index contributed by atoms with van der Waals surface area (Å²) in [5.41, 5.74) is 6.19. The van der Waals surface area contributed by atoms with Crippen molar-refractivity contribution in [3.8, 4) is 16.9 Å². The number of fused-ring (bicyclic) bond motifs is 3. The maximum Gasteiger partial charge on any atom is 0.126 e. The molecule has 104 valence electrons. The molecule has 0 unspecified atom stereocenters. The minimum atomic E-state index is 0.869. The molecule has 0 saturated heterocycles. The molecular weight excluding hydrogens is 282 g/mol. The minimum Gasteiger partial charge on any atom is -0.496 e. The molecule has 0 spiro atoms. The fraction of sp³-hybridized carbons (Fsp3) is 0.125. The highest BCUT2D eigenvalue weighted by Crippen LogP contribution is 2.39. The largest absolute Gasteiger partial charge is 0.496 e. The van der Waals surface area contributed by atoms with Gasteiger partial charge in [-0.05, 0) is 12.1 Å². The van der Waals surface area contributed by atoms with Crippen LogP contribution in [0.5, 0.6) is 5.75 Å². The second kappa shape index (κ2) is 4.56. The number of benzene rings is 2. The summed E-state index contributed by atoms with van der Waals surface area (Å²) in [6.07, 6.45) is 1.88. The summed E-state index contributed by atoms with van der Waals surface area (Å²) in [5.74, 6) is 0.869. The molecule has 0 saturated carbocycles. The summed E-state index contributed by atoms with van der Waals surface area (Å²) in [7, 11) is 3.65. The predicted octanol–water partition coefficient (Wildman–Crippen LogP) is 3.86. The summed E-state index contributed by atoms with van der Waals surface area (Å²) in [5, 5.41) is 5.44. The van der Waals surface area contributed by atoms with Gasteiger partial charge in [-0.3, -0.25) is 4.68 Å². The van der Waals surface area contributed by atoms with E-state index >= 15 is 0 Å². The van der Waals surface area contributed by atoms with Crippen LogP contribution in [0.3, 0.4) is 0 Å². The Hall–Kier alpha value is -2.40. The predicted molar refractivity (Wildman–Crippen MR) is 85.9 cm³/mol. The normalized spacial score (nSPS) is 11.3. The Balaban J connectivity index is 2.15. The van der Waals surface area contributed by atoms with E-state index in [4.69, 9.17) is 4.74 Å². The van der Waals surface area contributed by atoms with Crippen LogP contribution in [0.15, 0.2) is 42.0 Å². The Morgan fingerprint density at radius 2 is 2.05 bits per heavy atom. The zero-order valence-corrected chi connectivity index (χ0v) is 12.5. The molecule has 5 heteroatoms. The highest BCUT2D eigenvalue weighted by atomic mass is 32.1. The highest BCUT2D eigenvalue weighted by molar-refractivity contribution is 7.17. The summed E-state index contributed by atoms with van der Waals surface area (Å²) < 4.78 is 8.56. The molecule has 0 aliphatic carbocycles. The zero-order valence-electron chi connectivity index (χ0n) is 11.7. The number of methoxy groups -OCH3 is 1. The molecule has 0 aliphatic rings. The van der Waals surface area contributed by atoms with Gasteiger partial charge in [-0.2, -0.15) is 5.10 Å². The number of rotatable bonds is 2. The molecular formula is C16H13N3OS. The first-order valence-electron chi connectivity index (χ1n) is 6.61. The van der Waals surface area contributed by atoms with Crippen LogP contribution in [-0.2, 0) is 7.05 Å². The molecule has 0 amide bonds. The van der Waals surface area contributed by atoms with Crippen molar-refractivity contribution < 1.29 is 4.74 Å². The Kier molecular flexibility index (Phi) is 2.68. The summed E-state index contributed by atoms with van der Waals surface area (Å²) in [6, 6.07) is 10.2. The van der Waals surface area contributed by atoms with Crippen molar-refractivity contribution in [1.29, 1.82) is 0 Å². The lowest BCUT2D eigenvalue weighted by Crippen LogP contribution is -1.91. The molecule has 2 aromatic heterocycles. The third-order valence-corrected chi connectivity index (χ3v) is 4.59. The van der Waals surface area contributed by atoms with E-state index in [-0.39, 0.29) is 0 Å². The standard InChI is InChI=1S/C16H13N3OS/c1-19-13-7-11(10-5-3-4-6-14(10)20-2)16-15(17-9-21-16)12(13)8-18-19/h3-9H,1-2H3. The van der Waals surface area contributed by atoms with E-state index in [0.717, 1.165) is 33.3 Å². The summed E-state index contributed by atoms with van der Waals surface area (Å²) >= 11 is 1.65. The molecule has 4 nitrogen and oxygen atoms in total. The van der Waals surface area contributed by atoms with Gasteiger partial charge in [0.2, 0.25) is 0 Å². The number of aryl methyl sites for hydroxylation is 1. The Bertz CT molecular complexity index is 955.